The number of nitrogens with zero attached hydrogens (tertiary/aromatic N) is 2. The number of anilines is 1. The molecule has 1 fully saturated rings. The zero-order chi connectivity index (χ0) is 16.2. The van der Waals surface area contributed by atoms with Gasteiger partial charge in [0.15, 0.2) is 0 Å². The van der Waals surface area contributed by atoms with E-state index in [2.05, 4.69) is 0 Å². The first kappa shape index (κ1) is 16.6. The molecule has 0 atom stereocenters. The van der Waals surface area contributed by atoms with Gasteiger partial charge in [-0.2, -0.15) is 18.4 Å². The van der Waals surface area contributed by atoms with E-state index in [9.17, 15) is 13.2 Å². The molecule has 0 unspecified atom stereocenters. The average molecular weight is 314 g/mol. The second-order valence-electron chi connectivity index (χ2n) is 5.12. The number of hydrogen-bond donors (Lipinski definition) is 1. The second kappa shape index (κ2) is 6.99. The minimum Gasteiger partial charge on any atom is -0.394 e. The Balaban J connectivity index is 2.10. The van der Waals surface area contributed by atoms with Gasteiger partial charge < -0.3 is 14.7 Å². The summed E-state index contributed by atoms with van der Waals surface area (Å²) < 4.78 is 44.3. The molecule has 1 aliphatic rings. The molecule has 2 rings (SSSR count). The topological polar surface area (TPSA) is 56.5 Å². The van der Waals surface area contributed by atoms with Crippen LogP contribution in [-0.4, -0.2) is 37.5 Å². The maximum atomic E-state index is 13.0. The number of alkyl halides is 3. The quantitative estimate of drug-likeness (QED) is 0.928. The largest absolute Gasteiger partial charge is 0.417 e. The highest BCUT2D eigenvalue weighted by atomic mass is 19.4. The number of hydrogen-bond acceptors (Lipinski definition) is 4. The maximum absolute atomic E-state index is 13.0. The van der Waals surface area contributed by atoms with Gasteiger partial charge in [0.25, 0.3) is 0 Å². The zero-order valence-corrected chi connectivity index (χ0v) is 11.9. The van der Waals surface area contributed by atoms with Crippen molar-refractivity contribution in [3.8, 4) is 6.07 Å². The number of aliphatic hydroxyl groups excluding tert-OH is 1. The summed E-state index contributed by atoms with van der Waals surface area (Å²) in [5, 5.41) is 17.5. The number of halogens is 3. The van der Waals surface area contributed by atoms with Crippen LogP contribution in [0.15, 0.2) is 18.2 Å². The Morgan fingerprint density at radius 2 is 2.00 bits per heavy atom. The first-order valence-corrected chi connectivity index (χ1v) is 7.04. The van der Waals surface area contributed by atoms with E-state index < -0.39 is 11.7 Å². The molecule has 0 saturated carbocycles. The molecule has 1 aromatic carbocycles. The number of piperidine rings is 1. The van der Waals surface area contributed by atoms with Crippen LogP contribution in [0, 0.1) is 11.3 Å². The molecule has 0 amide bonds. The third-order valence-electron chi connectivity index (χ3n) is 3.68. The maximum Gasteiger partial charge on any atom is 0.417 e. The van der Waals surface area contributed by atoms with E-state index in [0.29, 0.717) is 31.6 Å². The number of aliphatic hydroxyl groups is 1. The van der Waals surface area contributed by atoms with E-state index in [1.54, 1.807) is 12.1 Å². The Labute approximate surface area is 126 Å². The lowest BCUT2D eigenvalue weighted by atomic mass is 10.0. The highest BCUT2D eigenvalue weighted by Gasteiger charge is 2.34. The van der Waals surface area contributed by atoms with Gasteiger partial charge in [0.2, 0.25) is 0 Å². The lowest BCUT2D eigenvalue weighted by molar-refractivity contribution is -0.137. The van der Waals surface area contributed by atoms with Crippen LogP contribution < -0.4 is 4.90 Å². The van der Waals surface area contributed by atoms with Crippen LogP contribution in [0.5, 0.6) is 0 Å². The molecule has 7 heteroatoms. The molecule has 4 nitrogen and oxygen atoms in total. The summed E-state index contributed by atoms with van der Waals surface area (Å²) in [7, 11) is 0. The number of nitriles is 1. The molecule has 0 aliphatic carbocycles. The van der Waals surface area contributed by atoms with Crippen molar-refractivity contribution in [3.63, 3.8) is 0 Å². The lowest BCUT2D eigenvalue weighted by Crippen LogP contribution is -2.37. The van der Waals surface area contributed by atoms with Crippen molar-refractivity contribution in [3.05, 3.63) is 29.3 Å². The molecule has 1 N–H and O–H groups in total. The third-order valence-corrected chi connectivity index (χ3v) is 3.68. The second-order valence-corrected chi connectivity index (χ2v) is 5.12. The van der Waals surface area contributed by atoms with Gasteiger partial charge in [-0.1, -0.05) is 0 Å². The van der Waals surface area contributed by atoms with Gasteiger partial charge in [-0.15, -0.1) is 0 Å². The molecule has 1 saturated heterocycles. The normalized spacial score (nSPS) is 16.6. The van der Waals surface area contributed by atoms with Gasteiger partial charge in [-0.25, -0.2) is 0 Å². The standard InChI is InChI=1S/C15H17F3N2O2/c16-15(17,18)14-9-12(2-1-11(14)10-19)20-5-3-13(4-6-20)22-8-7-21/h1-2,9,13,21H,3-8H2. The Bertz CT molecular complexity index is 547. The van der Waals surface area contributed by atoms with E-state index in [-0.39, 0.29) is 24.9 Å². The fourth-order valence-corrected chi connectivity index (χ4v) is 2.56. The van der Waals surface area contributed by atoms with Gasteiger partial charge in [0, 0.05) is 18.8 Å². The molecule has 120 valence electrons. The smallest absolute Gasteiger partial charge is 0.394 e. The van der Waals surface area contributed by atoms with Gasteiger partial charge in [0.05, 0.1) is 36.5 Å². The Morgan fingerprint density at radius 1 is 1.32 bits per heavy atom. The summed E-state index contributed by atoms with van der Waals surface area (Å²) >= 11 is 0. The fraction of sp³-hybridized carbons (Fsp3) is 0.533. The van der Waals surface area contributed by atoms with Crippen molar-refractivity contribution >= 4 is 5.69 Å². The van der Waals surface area contributed by atoms with Crippen LogP contribution in [0.4, 0.5) is 18.9 Å². The van der Waals surface area contributed by atoms with Crippen LogP contribution in [0.3, 0.4) is 0 Å². The molecule has 0 radical (unpaired) electrons. The Kier molecular flexibility index (Phi) is 5.27. The molecule has 1 aromatic rings. The van der Waals surface area contributed by atoms with Gasteiger partial charge in [-0.05, 0) is 31.0 Å². The first-order valence-electron chi connectivity index (χ1n) is 7.04. The van der Waals surface area contributed by atoms with Crippen molar-refractivity contribution in [1.82, 2.24) is 0 Å². The molecule has 0 spiro atoms. The van der Waals surface area contributed by atoms with Gasteiger partial charge in [0.1, 0.15) is 0 Å². The van der Waals surface area contributed by atoms with Crippen molar-refractivity contribution in [2.75, 3.05) is 31.2 Å². The summed E-state index contributed by atoms with van der Waals surface area (Å²) in [5.74, 6) is 0. The van der Waals surface area contributed by atoms with Gasteiger partial charge >= 0.3 is 6.18 Å². The van der Waals surface area contributed by atoms with Crippen LogP contribution in [0.1, 0.15) is 24.0 Å². The van der Waals surface area contributed by atoms with Gasteiger partial charge in [-0.3, -0.25) is 0 Å². The van der Waals surface area contributed by atoms with Crippen LogP contribution >= 0.6 is 0 Å². The molecule has 1 heterocycles. The SMILES string of the molecule is N#Cc1ccc(N2CCC(OCCO)CC2)cc1C(F)(F)F. The van der Waals surface area contributed by atoms with Crippen molar-refractivity contribution < 1.29 is 23.0 Å². The highest BCUT2D eigenvalue weighted by molar-refractivity contribution is 5.55. The molecule has 0 bridgehead atoms. The summed E-state index contributed by atoms with van der Waals surface area (Å²) in [4.78, 5) is 1.86. The van der Waals surface area contributed by atoms with E-state index in [1.165, 1.54) is 6.07 Å². The van der Waals surface area contributed by atoms with Crippen molar-refractivity contribution in [1.29, 1.82) is 5.26 Å². The fourth-order valence-electron chi connectivity index (χ4n) is 2.56. The zero-order valence-electron chi connectivity index (χ0n) is 11.9. The van der Waals surface area contributed by atoms with E-state index in [4.69, 9.17) is 15.1 Å². The predicted octanol–water partition coefficient (Wildman–Crippen LogP) is 2.55. The van der Waals surface area contributed by atoms with Crippen molar-refractivity contribution in [2.45, 2.75) is 25.1 Å². The monoisotopic (exact) mass is 314 g/mol. The van der Waals surface area contributed by atoms with Crippen LogP contribution in [0.2, 0.25) is 0 Å². The summed E-state index contributed by atoms with van der Waals surface area (Å²) in [5.41, 5.74) is -0.796. The summed E-state index contributed by atoms with van der Waals surface area (Å²) in [6, 6.07) is 5.37. The number of rotatable bonds is 4. The highest BCUT2D eigenvalue weighted by Crippen LogP contribution is 2.35. The Hall–Kier alpha value is -1.78. The predicted molar refractivity (Wildman–Crippen MR) is 74.4 cm³/mol. The molecular weight excluding hydrogens is 297 g/mol. The summed E-state index contributed by atoms with van der Waals surface area (Å²) in [6.07, 6.45) is -3.12. The molecule has 22 heavy (non-hydrogen) atoms. The van der Waals surface area contributed by atoms with Crippen LogP contribution in [0.25, 0.3) is 0 Å². The Morgan fingerprint density at radius 3 is 2.55 bits per heavy atom. The number of ether oxygens (including phenoxy) is 1. The van der Waals surface area contributed by atoms with E-state index in [0.717, 1.165) is 6.07 Å². The average Bonchev–Trinajstić information content (AvgIpc) is 2.52. The molecule has 1 aliphatic heterocycles. The van der Waals surface area contributed by atoms with E-state index in [1.807, 2.05) is 4.90 Å². The first-order chi connectivity index (χ1) is 10.5. The third kappa shape index (κ3) is 3.90. The summed E-state index contributed by atoms with van der Waals surface area (Å²) in [6.45, 7) is 1.41. The molecule has 0 aromatic heterocycles. The van der Waals surface area contributed by atoms with E-state index >= 15 is 0 Å². The molecular formula is C15H17F3N2O2. The van der Waals surface area contributed by atoms with Crippen molar-refractivity contribution in [2.24, 2.45) is 0 Å². The number of benzene rings is 1. The lowest BCUT2D eigenvalue weighted by Gasteiger charge is -2.33. The minimum atomic E-state index is -4.54. The van der Waals surface area contributed by atoms with Crippen LogP contribution in [-0.2, 0) is 10.9 Å². The minimum absolute atomic E-state index is 0.0314.